The van der Waals surface area contributed by atoms with Gasteiger partial charge in [-0.15, -0.1) is 0 Å². The second-order valence-electron chi connectivity index (χ2n) is 11.6. The van der Waals surface area contributed by atoms with Crippen molar-refractivity contribution >= 4 is 22.5 Å². The fourth-order valence-electron chi connectivity index (χ4n) is 6.71. The van der Waals surface area contributed by atoms with Gasteiger partial charge in [0.25, 0.3) is 0 Å². The second kappa shape index (κ2) is 13.2. The number of aliphatic hydroxyl groups excluding tert-OH is 1. The van der Waals surface area contributed by atoms with Crippen LogP contribution in [0.1, 0.15) is 72.0 Å². The zero-order valence-electron chi connectivity index (χ0n) is 24.8. The molecule has 9 heteroatoms. The van der Waals surface area contributed by atoms with Crippen LogP contribution in [-0.2, 0) is 11.2 Å². The molecule has 224 valence electrons. The van der Waals surface area contributed by atoms with Crippen molar-refractivity contribution < 1.29 is 14.7 Å². The average molecular weight is 589 g/mol. The first-order chi connectivity index (χ1) is 21.6. The van der Waals surface area contributed by atoms with E-state index in [1.54, 1.807) is 6.07 Å². The van der Waals surface area contributed by atoms with Crippen LogP contribution in [0.5, 0.6) is 5.88 Å². The van der Waals surface area contributed by atoms with Crippen LogP contribution >= 0.6 is 0 Å². The zero-order chi connectivity index (χ0) is 30.5. The van der Waals surface area contributed by atoms with Gasteiger partial charge in [-0.1, -0.05) is 92.1 Å². The molecule has 1 amide bonds. The summed E-state index contributed by atoms with van der Waals surface area (Å²) in [5.41, 5.74) is 15.3. The highest BCUT2D eigenvalue weighted by molar-refractivity contribution is 5.92. The monoisotopic (exact) mass is 588 g/mol. The van der Waals surface area contributed by atoms with E-state index in [-0.39, 0.29) is 24.3 Å². The first kappa shape index (κ1) is 29.2. The van der Waals surface area contributed by atoms with Crippen molar-refractivity contribution in [2.24, 2.45) is 11.2 Å². The van der Waals surface area contributed by atoms with Crippen LogP contribution in [0, 0.1) is 12.8 Å². The lowest BCUT2D eigenvalue weighted by Gasteiger charge is -2.31. The van der Waals surface area contributed by atoms with Crippen LogP contribution in [0.3, 0.4) is 0 Å². The molecule has 5 aromatic rings. The summed E-state index contributed by atoms with van der Waals surface area (Å²) in [5.74, 6) is 0.332. The SMILES string of the molecule is Cc1cc(ON=[N+]=[N-])n2c(n1)c(Cc1ccc(C(C(=O)N[C@@H](CO)c3ccccc3)C3CCCCC3)cc1)c1ccccc12. The Balaban J connectivity index is 1.32. The first-order valence-corrected chi connectivity index (χ1v) is 15.2. The number of carbonyl (C=O) groups is 1. The minimum atomic E-state index is -0.450. The number of aryl methyl sites for hydroxylation is 1. The summed E-state index contributed by atoms with van der Waals surface area (Å²) in [6.45, 7) is 1.73. The molecule has 2 atom stereocenters. The summed E-state index contributed by atoms with van der Waals surface area (Å²) in [4.78, 5) is 26.9. The lowest BCUT2D eigenvalue weighted by molar-refractivity contribution is -0.125. The average Bonchev–Trinajstić information content (AvgIpc) is 3.37. The molecule has 1 unspecified atom stereocenters. The predicted octanol–water partition coefficient (Wildman–Crippen LogP) is 7.50. The summed E-state index contributed by atoms with van der Waals surface area (Å²) in [5, 5.41) is 17.7. The lowest BCUT2D eigenvalue weighted by Crippen LogP contribution is -2.38. The highest BCUT2D eigenvalue weighted by Gasteiger charge is 2.32. The summed E-state index contributed by atoms with van der Waals surface area (Å²) in [6.07, 6.45) is 6.11. The van der Waals surface area contributed by atoms with Crippen LogP contribution in [0.15, 0.2) is 90.2 Å². The van der Waals surface area contributed by atoms with Crippen LogP contribution in [0.2, 0.25) is 0 Å². The summed E-state index contributed by atoms with van der Waals surface area (Å²) in [7, 11) is 0. The molecule has 0 aliphatic heterocycles. The third-order valence-electron chi connectivity index (χ3n) is 8.78. The summed E-state index contributed by atoms with van der Waals surface area (Å²) in [6, 6.07) is 27.3. The number of hydrogen-bond donors (Lipinski definition) is 2. The number of nitrogens with one attached hydrogen (secondary N) is 1. The number of azide groups is 1. The Hall–Kier alpha value is -4.85. The molecule has 1 fully saturated rings. The minimum absolute atomic E-state index is 0.0378. The van der Waals surface area contributed by atoms with Crippen molar-refractivity contribution in [1.82, 2.24) is 14.7 Å². The van der Waals surface area contributed by atoms with Gasteiger partial charge in [-0.25, -0.2) is 4.98 Å². The van der Waals surface area contributed by atoms with Gasteiger partial charge in [0, 0.05) is 34.0 Å². The Bertz CT molecular complexity index is 1810. The number of aromatic nitrogens is 2. The molecule has 1 aliphatic carbocycles. The number of rotatable bonds is 10. The molecular formula is C35H36N6O3. The zero-order valence-corrected chi connectivity index (χ0v) is 24.8. The van der Waals surface area contributed by atoms with Crippen molar-refractivity contribution in [2.75, 3.05) is 6.61 Å². The van der Waals surface area contributed by atoms with Gasteiger partial charge < -0.3 is 15.3 Å². The summed E-state index contributed by atoms with van der Waals surface area (Å²) >= 11 is 0. The fourth-order valence-corrected chi connectivity index (χ4v) is 6.71. The Labute approximate surface area is 256 Å². The highest BCUT2D eigenvalue weighted by Crippen LogP contribution is 2.38. The van der Waals surface area contributed by atoms with Crippen LogP contribution in [0.25, 0.3) is 27.0 Å². The van der Waals surface area contributed by atoms with E-state index in [1.165, 1.54) is 6.42 Å². The maximum absolute atomic E-state index is 13.9. The van der Waals surface area contributed by atoms with Gasteiger partial charge in [-0.3, -0.25) is 9.20 Å². The number of hydrogen-bond acceptors (Lipinski definition) is 5. The van der Waals surface area contributed by atoms with Crippen molar-refractivity contribution in [2.45, 2.75) is 57.4 Å². The molecule has 0 bridgehead atoms. The molecule has 0 radical (unpaired) electrons. The number of aliphatic hydroxyl groups is 1. The van der Waals surface area contributed by atoms with Crippen molar-refractivity contribution in [3.05, 3.63) is 123 Å². The van der Waals surface area contributed by atoms with E-state index in [4.69, 9.17) is 15.4 Å². The fraction of sp³-hybridized carbons (Fsp3) is 0.314. The van der Waals surface area contributed by atoms with E-state index in [1.807, 2.05) is 59.9 Å². The second-order valence-corrected chi connectivity index (χ2v) is 11.6. The maximum Gasteiger partial charge on any atom is 0.228 e. The molecule has 0 saturated heterocycles. The third-order valence-corrected chi connectivity index (χ3v) is 8.78. The molecule has 3 aromatic carbocycles. The van der Waals surface area contributed by atoms with Gasteiger partial charge in [0.1, 0.15) is 10.9 Å². The standard InChI is InChI=1S/C35H36N6O3/c1-23-20-32(44-40-39-36)41-31-15-9-8-14-28(31)29(34(41)37-23)21-24-16-18-27(19-17-24)33(26-12-6-3-7-13-26)35(43)38-30(22-42)25-10-4-2-5-11-25/h2,4-5,8-11,14-20,26,30,33,42H,3,6-7,12-13,21-22H2,1H3,(H,38,43)/t30-,33?/m0/s1. The number of benzene rings is 3. The number of nitrogens with zero attached hydrogens (tertiary/aromatic N) is 5. The van der Waals surface area contributed by atoms with E-state index in [0.29, 0.717) is 12.3 Å². The third kappa shape index (κ3) is 5.97. The maximum atomic E-state index is 13.9. The van der Waals surface area contributed by atoms with E-state index >= 15 is 0 Å². The van der Waals surface area contributed by atoms with E-state index in [9.17, 15) is 9.90 Å². The van der Waals surface area contributed by atoms with Gasteiger partial charge >= 0.3 is 0 Å². The van der Waals surface area contributed by atoms with Crippen LogP contribution < -0.4 is 10.2 Å². The highest BCUT2D eigenvalue weighted by atomic mass is 16.6. The number of amides is 1. The van der Waals surface area contributed by atoms with Crippen molar-refractivity contribution in [3.8, 4) is 5.88 Å². The van der Waals surface area contributed by atoms with E-state index in [0.717, 1.165) is 70.2 Å². The van der Waals surface area contributed by atoms with E-state index < -0.39 is 6.04 Å². The van der Waals surface area contributed by atoms with Gasteiger partial charge in [0.15, 0.2) is 0 Å². The van der Waals surface area contributed by atoms with Gasteiger partial charge in [-0.05, 0) is 54.0 Å². The molecule has 6 rings (SSSR count). The van der Waals surface area contributed by atoms with E-state index in [2.05, 4.69) is 45.8 Å². The Morgan fingerprint density at radius 1 is 1.05 bits per heavy atom. The molecule has 0 spiro atoms. The molecule has 1 aliphatic rings. The largest absolute Gasteiger partial charge is 0.394 e. The molecule has 2 aromatic heterocycles. The van der Waals surface area contributed by atoms with Crippen LogP contribution in [-0.4, -0.2) is 27.0 Å². The Morgan fingerprint density at radius 3 is 2.50 bits per heavy atom. The lowest BCUT2D eigenvalue weighted by atomic mass is 9.76. The summed E-state index contributed by atoms with van der Waals surface area (Å²) < 4.78 is 1.88. The Kier molecular flexibility index (Phi) is 8.77. The minimum Gasteiger partial charge on any atom is -0.394 e. The molecule has 2 N–H and O–H groups in total. The number of carbonyl (C=O) groups excluding carboxylic acids is 1. The van der Waals surface area contributed by atoms with Crippen molar-refractivity contribution in [3.63, 3.8) is 0 Å². The molecular weight excluding hydrogens is 552 g/mol. The molecule has 44 heavy (non-hydrogen) atoms. The smallest absolute Gasteiger partial charge is 0.228 e. The molecule has 1 saturated carbocycles. The normalized spacial score (nSPS) is 15.0. The topological polar surface area (TPSA) is 125 Å². The van der Waals surface area contributed by atoms with Crippen LogP contribution in [0.4, 0.5) is 0 Å². The van der Waals surface area contributed by atoms with Gasteiger partial charge in [0.2, 0.25) is 11.8 Å². The molecule has 9 nitrogen and oxygen atoms in total. The van der Waals surface area contributed by atoms with Crippen molar-refractivity contribution in [1.29, 1.82) is 0 Å². The number of fused-ring (bicyclic) bond motifs is 3. The number of para-hydroxylation sites is 1. The quantitative estimate of drug-likeness (QED) is 0.0758. The van der Waals surface area contributed by atoms with Gasteiger partial charge in [-0.2, -0.15) is 0 Å². The predicted molar refractivity (Wildman–Crippen MR) is 170 cm³/mol. The first-order valence-electron chi connectivity index (χ1n) is 15.2. The Morgan fingerprint density at radius 2 is 1.77 bits per heavy atom. The van der Waals surface area contributed by atoms with Gasteiger partial charge in [0.05, 0.1) is 24.1 Å². The molecule has 2 heterocycles.